The molecule has 1 aromatic rings. The summed E-state index contributed by atoms with van der Waals surface area (Å²) in [5, 5.41) is 8.74. The third kappa shape index (κ3) is 3.87. The van der Waals surface area contributed by atoms with Crippen molar-refractivity contribution in [2.45, 2.75) is 40.3 Å². The van der Waals surface area contributed by atoms with Crippen molar-refractivity contribution in [3.63, 3.8) is 0 Å². The Morgan fingerprint density at radius 1 is 1.24 bits per heavy atom. The minimum Gasteiger partial charge on any atom is -0.299 e. The summed E-state index contributed by atoms with van der Waals surface area (Å²) >= 11 is 0. The summed E-state index contributed by atoms with van der Waals surface area (Å²) in [6.45, 7) is 9.95. The summed E-state index contributed by atoms with van der Waals surface area (Å²) in [6, 6.07) is 10.5. The lowest BCUT2D eigenvalue weighted by atomic mass is 9.87. The number of nitriles is 1. The predicted octanol–water partition coefficient (Wildman–Crippen LogP) is 3.42. The maximum Gasteiger partial charge on any atom is 0.0991 e. The molecule has 2 nitrogen and oxygen atoms in total. The zero-order valence-corrected chi connectivity index (χ0v) is 11.5. The molecule has 0 saturated carbocycles. The van der Waals surface area contributed by atoms with Gasteiger partial charge in [0.25, 0.3) is 0 Å². The van der Waals surface area contributed by atoms with Crippen molar-refractivity contribution < 1.29 is 0 Å². The Bertz CT molecular complexity index is 392. The van der Waals surface area contributed by atoms with Crippen molar-refractivity contribution in [1.29, 1.82) is 5.26 Å². The van der Waals surface area contributed by atoms with E-state index in [1.54, 1.807) is 0 Å². The Hall–Kier alpha value is -1.33. The van der Waals surface area contributed by atoms with Gasteiger partial charge in [-0.15, -0.1) is 0 Å². The summed E-state index contributed by atoms with van der Waals surface area (Å²) in [5.74, 6) is 0. The molecule has 1 rings (SSSR count). The van der Waals surface area contributed by atoms with Crippen LogP contribution in [0.25, 0.3) is 0 Å². The fraction of sp³-hybridized carbons (Fsp3) is 0.533. The SMILES string of the molecule is CC(N(C)Cc1ccc(C#N)cc1)C(C)(C)C. The molecule has 0 spiro atoms. The molecule has 1 atom stereocenters. The molecule has 0 amide bonds. The van der Waals surface area contributed by atoms with Crippen molar-refractivity contribution in [3.8, 4) is 6.07 Å². The van der Waals surface area contributed by atoms with E-state index in [0.29, 0.717) is 6.04 Å². The quantitative estimate of drug-likeness (QED) is 0.795. The third-order valence-corrected chi connectivity index (χ3v) is 3.43. The molecular formula is C15H22N2. The van der Waals surface area contributed by atoms with Gasteiger partial charge in [-0.05, 0) is 37.1 Å². The molecule has 92 valence electrons. The Morgan fingerprint density at radius 3 is 2.18 bits per heavy atom. The van der Waals surface area contributed by atoms with Gasteiger partial charge in [0.1, 0.15) is 0 Å². The van der Waals surface area contributed by atoms with Crippen LogP contribution in [0.4, 0.5) is 0 Å². The first-order valence-electron chi connectivity index (χ1n) is 6.04. The predicted molar refractivity (Wildman–Crippen MR) is 71.5 cm³/mol. The number of hydrogen-bond donors (Lipinski definition) is 0. The van der Waals surface area contributed by atoms with Gasteiger partial charge in [0.05, 0.1) is 11.6 Å². The standard InChI is InChI=1S/C15H22N2/c1-12(15(2,3)4)17(5)11-14-8-6-13(10-16)7-9-14/h6-9,12H,11H2,1-5H3. The maximum absolute atomic E-state index is 8.74. The fourth-order valence-electron chi connectivity index (χ4n) is 1.77. The highest BCUT2D eigenvalue weighted by Crippen LogP contribution is 2.24. The van der Waals surface area contributed by atoms with Gasteiger partial charge in [0.15, 0.2) is 0 Å². The zero-order valence-electron chi connectivity index (χ0n) is 11.5. The molecule has 0 radical (unpaired) electrons. The molecule has 0 aromatic heterocycles. The highest BCUT2D eigenvalue weighted by atomic mass is 15.1. The molecule has 0 bridgehead atoms. The molecule has 1 unspecified atom stereocenters. The lowest BCUT2D eigenvalue weighted by Gasteiger charge is -2.35. The van der Waals surface area contributed by atoms with E-state index < -0.39 is 0 Å². The highest BCUT2D eigenvalue weighted by Gasteiger charge is 2.23. The van der Waals surface area contributed by atoms with Gasteiger partial charge in [0, 0.05) is 12.6 Å². The molecule has 17 heavy (non-hydrogen) atoms. The zero-order chi connectivity index (χ0) is 13.1. The number of hydrogen-bond acceptors (Lipinski definition) is 2. The maximum atomic E-state index is 8.74. The third-order valence-electron chi connectivity index (χ3n) is 3.43. The molecule has 0 aliphatic heterocycles. The molecule has 1 aromatic carbocycles. The van der Waals surface area contributed by atoms with E-state index in [9.17, 15) is 0 Å². The lowest BCUT2D eigenvalue weighted by molar-refractivity contribution is 0.134. The smallest absolute Gasteiger partial charge is 0.0991 e. The van der Waals surface area contributed by atoms with Crippen LogP contribution >= 0.6 is 0 Å². The van der Waals surface area contributed by atoms with E-state index in [-0.39, 0.29) is 5.41 Å². The minimum atomic E-state index is 0.279. The van der Waals surface area contributed by atoms with Gasteiger partial charge in [-0.1, -0.05) is 32.9 Å². The normalized spacial score (nSPS) is 13.5. The van der Waals surface area contributed by atoms with Crippen LogP contribution in [0.2, 0.25) is 0 Å². The van der Waals surface area contributed by atoms with Crippen LogP contribution in [0.5, 0.6) is 0 Å². The molecule has 0 aliphatic rings. The Kier molecular flexibility index (Phi) is 4.31. The van der Waals surface area contributed by atoms with Crippen molar-refractivity contribution in [2.24, 2.45) is 5.41 Å². The van der Waals surface area contributed by atoms with E-state index in [4.69, 9.17) is 5.26 Å². The largest absolute Gasteiger partial charge is 0.299 e. The van der Waals surface area contributed by atoms with E-state index >= 15 is 0 Å². The lowest BCUT2D eigenvalue weighted by Crippen LogP contribution is -2.38. The van der Waals surface area contributed by atoms with Crippen LogP contribution in [0, 0.1) is 16.7 Å². The molecule has 0 saturated heterocycles. The van der Waals surface area contributed by atoms with E-state index in [2.05, 4.69) is 45.7 Å². The summed E-state index contributed by atoms with van der Waals surface area (Å²) < 4.78 is 0. The second-order valence-corrected chi connectivity index (χ2v) is 5.77. The van der Waals surface area contributed by atoms with Crippen LogP contribution < -0.4 is 0 Å². The molecule has 0 aliphatic carbocycles. The summed E-state index contributed by atoms with van der Waals surface area (Å²) in [4.78, 5) is 2.35. The van der Waals surface area contributed by atoms with E-state index in [0.717, 1.165) is 12.1 Å². The fourth-order valence-corrected chi connectivity index (χ4v) is 1.77. The Morgan fingerprint density at radius 2 is 1.76 bits per heavy atom. The summed E-state index contributed by atoms with van der Waals surface area (Å²) in [7, 11) is 2.15. The van der Waals surface area contributed by atoms with E-state index in [1.807, 2.05) is 24.3 Å². The molecular weight excluding hydrogens is 208 g/mol. The van der Waals surface area contributed by atoms with Crippen LogP contribution in [0.3, 0.4) is 0 Å². The van der Waals surface area contributed by atoms with Gasteiger partial charge < -0.3 is 0 Å². The van der Waals surface area contributed by atoms with Crippen molar-refractivity contribution in [2.75, 3.05) is 7.05 Å². The minimum absolute atomic E-state index is 0.279. The highest BCUT2D eigenvalue weighted by molar-refractivity contribution is 5.31. The van der Waals surface area contributed by atoms with Gasteiger partial charge in [-0.2, -0.15) is 5.26 Å². The average molecular weight is 230 g/mol. The average Bonchev–Trinajstić information content (AvgIpc) is 2.27. The van der Waals surface area contributed by atoms with E-state index in [1.165, 1.54) is 5.56 Å². The van der Waals surface area contributed by atoms with Gasteiger partial charge in [-0.3, -0.25) is 4.90 Å². The van der Waals surface area contributed by atoms with Crippen LogP contribution in [-0.2, 0) is 6.54 Å². The number of nitrogens with zero attached hydrogens (tertiary/aromatic N) is 2. The van der Waals surface area contributed by atoms with Crippen molar-refractivity contribution in [1.82, 2.24) is 4.90 Å². The van der Waals surface area contributed by atoms with Gasteiger partial charge in [-0.25, -0.2) is 0 Å². The number of rotatable bonds is 3. The first-order valence-corrected chi connectivity index (χ1v) is 6.04. The van der Waals surface area contributed by atoms with Gasteiger partial charge in [0.2, 0.25) is 0 Å². The molecule has 0 heterocycles. The van der Waals surface area contributed by atoms with Gasteiger partial charge >= 0.3 is 0 Å². The van der Waals surface area contributed by atoms with Crippen LogP contribution in [0.15, 0.2) is 24.3 Å². The molecule has 2 heteroatoms. The number of benzene rings is 1. The van der Waals surface area contributed by atoms with Crippen LogP contribution in [0.1, 0.15) is 38.8 Å². The van der Waals surface area contributed by atoms with Crippen molar-refractivity contribution >= 4 is 0 Å². The second kappa shape index (κ2) is 5.33. The molecule has 0 N–H and O–H groups in total. The Balaban J connectivity index is 2.68. The first kappa shape index (κ1) is 13.7. The first-order chi connectivity index (χ1) is 7.84. The topological polar surface area (TPSA) is 27.0 Å². The summed E-state index contributed by atoms with van der Waals surface area (Å²) in [5.41, 5.74) is 2.25. The Labute approximate surface area is 105 Å². The van der Waals surface area contributed by atoms with Crippen molar-refractivity contribution in [3.05, 3.63) is 35.4 Å². The molecule has 0 fully saturated rings. The summed E-state index contributed by atoms with van der Waals surface area (Å²) in [6.07, 6.45) is 0. The second-order valence-electron chi connectivity index (χ2n) is 5.77. The van der Waals surface area contributed by atoms with Crippen LogP contribution in [-0.4, -0.2) is 18.0 Å². The monoisotopic (exact) mass is 230 g/mol.